The Bertz CT molecular complexity index is 408. The molecule has 0 saturated carbocycles. The number of hydrogen-bond acceptors (Lipinski definition) is 4. The first-order valence-corrected chi connectivity index (χ1v) is 4.63. The summed E-state index contributed by atoms with van der Waals surface area (Å²) in [5.41, 5.74) is -0.288. The van der Waals surface area contributed by atoms with Gasteiger partial charge in [0.05, 0.1) is 11.6 Å². The number of nitrogens with zero attached hydrogens (tertiary/aromatic N) is 1. The lowest BCUT2D eigenvalue weighted by Gasteiger charge is -2.11. The fraction of sp³-hybridized carbons (Fsp3) is 0.250. The van der Waals surface area contributed by atoms with Gasteiger partial charge in [0, 0.05) is 12.3 Å². The summed E-state index contributed by atoms with van der Waals surface area (Å²) >= 11 is 2.79. The van der Waals surface area contributed by atoms with Gasteiger partial charge in [-0.2, -0.15) is 0 Å². The maximum atomic E-state index is 12.0. The fourth-order valence-corrected chi connectivity index (χ4v) is 1.35. The number of carbonyl (C=O) groups is 1. The second kappa shape index (κ2) is 4.69. The third-order valence-corrected chi connectivity index (χ3v) is 2.22. The largest absolute Gasteiger partial charge is 0.573 e. The Hall–Kier alpha value is -1.31. The lowest BCUT2D eigenvalue weighted by molar-refractivity contribution is -0.274. The highest BCUT2D eigenvalue weighted by molar-refractivity contribution is 9.10. The van der Waals surface area contributed by atoms with E-state index in [1.165, 1.54) is 0 Å². The van der Waals surface area contributed by atoms with Crippen LogP contribution in [0.25, 0.3) is 0 Å². The van der Waals surface area contributed by atoms with Gasteiger partial charge in [-0.1, -0.05) is 0 Å². The van der Waals surface area contributed by atoms with Crippen molar-refractivity contribution < 1.29 is 27.4 Å². The number of halogens is 4. The molecule has 0 aromatic carbocycles. The first-order valence-electron chi connectivity index (χ1n) is 3.83. The lowest BCUT2D eigenvalue weighted by Crippen LogP contribution is -2.18. The summed E-state index contributed by atoms with van der Waals surface area (Å²) in [5, 5.41) is 0. The van der Waals surface area contributed by atoms with E-state index in [1.54, 1.807) is 0 Å². The van der Waals surface area contributed by atoms with Crippen molar-refractivity contribution in [3.63, 3.8) is 0 Å². The first-order chi connectivity index (χ1) is 7.35. The number of methoxy groups -OCH3 is 1. The molecule has 0 N–H and O–H groups in total. The van der Waals surface area contributed by atoms with Crippen LogP contribution < -0.4 is 4.74 Å². The summed E-state index contributed by atoms with van der Waals surface area (Å²) < 4.78 is 43.7. The quantitative estimate of drug-likeness (QED) is 0.788. The van der Waals surface area contributed by atoms with Crippen LogP contribution in [0.5, 0.6) is 5.75 Å². The molecule has 4 nitrogen and oxygen atoms in total. The Morgan fingerprint density at radius 1 is 1.50 bits per heavy atom. The molecule has 0 radical (unpaired) electrons. The van der Waals surface area contributed by atoms with Crippen molar-refractivity contribution in [2.45, 2.75) is 6.36 Å². The Morgan fingerprint density at radius 2 is 2.12 bits per heavy atom. The summed E-state index contributed by atoms with van der Waals surface area (Å²) in [6.07, 6.45) is -3.82. The van der Waals surface area contributed by atoms with Crippen molar-refractivity contribution in [1.29, 1.82) is 0 Å². The van der Waals surface area contributed by atoms with Gasteiger partial charge in [0.2, 0.25) is 0 Å². The molecule has 0 aliphatic heterocycles. The summed E-state index contributed by atoms with van der Waals surface area (Å²) in [6.45, 7) is 0. The number of rotatable bonds is 2. The Balaban J connectivity index is 3.09. The standard InChI is InChI=1S/C8H5BrF3NO3/c1-15-7(14)6-5(9)4(2-3-13-6)16-8(10,11)12/h2-3H,1H3. The summed E-state index contributed by atoms with van der Waals surface area (Å²) in [4.78, 5) is 14.7. The molecular formula is C8H5BrF3NO3. The van der Waals surface area contributed by atoms with Crippen LogP contribution in [0.15, 0.2) is 16.7 Å². The SMILES string of the molecule is COC(=O)c1nccc(OC(F)(F)F)c1Br. The molecule has 0 unspecified atom stereocenters. The molecule has 1 aromatic heterocycles. The molecular weight excluding hydrogens is 295 g/mol. The molecule has 0 aliphatic rings. The highest BCUT2D eigenvalue weighted by Gasteiger charge is 2.33. The molecule has 0 saturated heterocycles. The third-order valence-electron chi connectivity index (χ3n) is 1.46. The molecule has 0 atom stereocenters. The number of carbonyl (C=O) groups excluding carboxylic acids is 1. The monoisotopic (exact) mass is 299 g/mol. The van der Waals surface area contributed by atoms with E-state index in [4.69, 9.17) is 0 Å². The van der Waals surface area contributed by atoms with Gasteiger partial charge in [-0.3, -0.25) is 0 Å². The van der Waals surface area contributed by atoms with E-state index in [1.807, 2.05) is 0 Å². The van der Waals surface area contributed by atoms with E-state index in [0.717, 1.165) is 19.4 Å². The number of alkyl halides is 3. The average molecular weight is 300 g/mol. The predicted octanol–water partition coefficient (Wildman–Crippen LogP) is 2.53. The van der Waals surface area contributed by atoms with E-state index in [2.05, 4.69) is 30.4 Å². The van der Waals surface area contributed by atoms with Gasteiger partial charge in [-0.25, -0.2) is 9.78 Å². The summed E-state index contributed by atoms with van der Waals surface area (Å²) in [6, 6.07) is 0.976. The molecule has 16 heavy (non-hydrogen) atoms. The second-order valence-corrected chi connectivity index (χ2v) is 3.30. The van der Waals surface area contributed by atoms with E-state index in [9.17, 15) is 18.0 Å². The van der Waals surface area contributed by atoms with Crippen molar-refractivity contribution in [1.82, 2.24) is 4.98 Å². The molecule has 1 aromatic rings. The van der Waals surface area contributed by atoms with E-state index >= 15 is 0 Å². The zero-order chi connectivity index (χ0) is 12.3. The Labute approximate surface area is 96.5 Å². The first kappa shape index (κ1) is 12.8. The van der Waals surface area contributed by atoms with E-state index in [0.29, 0.717) is 0 Å². The van der Waals surface area contributed by atoms with Gasteiger partial charge < -0.3 is 9.47 Å². The van der Waals surface area contributed by atoms with Crippen LogP contribution in [-0.2, 0) is 4.74 Å². The molecule has 1 heterocycles. The van der Waals surface area contributed by atoms with Gasteiger partial charge in [0.15, 0.2) is 5.69 Å². The van der Waals surface area contributed by atoms with E-state index in [-0.39, 0.29) is 10.2 Å². The van der Waals surface area contributed by atoms with Crippen LogP contribution in [0.2, 0.25) is 0 Å². The van der Waals surface area contributed by atoms with E-state index < -0.39 is 18.1 Å². The Morgan fingerprint density at radius 3 is 2.62 bits per heavy atom. The van der Waals surface area contributed by atoms with Crippen molar-refractivity contribution in [3.8, 4) is 5.75 Å². The van der Waals surface area contributed by atoms with Crippen LogP contribution >= 0.6 is 15.9 Å². The minimum atomic E-state index is -4.84. The molecule has 8 heteroatoms. The molecule has 88 valence electrons. The van der Waals surface area contributed by atoms with Gasteiger partial charge >= 0.3 is 12.3 Å². The van der Waals surface area contributed by atoms with Crippen LogP contribution in [0.1, 0.15) is 10.5 Å². The molecule has 1 rings (SSSR count). The lowest BCUT2D eigenvalue weighted by atomic mass is 10.3. The molecule has 0 amide bonds. The molecule has 0 aliphatic carbocycles. The topological polar surface area (TPSA) is 48.4 Å². The minimum Gasteiger partial charge on any atom is -0.464 e. The maximum absolute atomic E-state index is 12.0. The third kappa shape index (κ3) is 3.09. The minimum absolute atomic E-state index is 0.209. The highest BCUT2D eigenvalue weighted by atomic mass is 79.9. The number of hydrogen-bond donors (Lipinski definition) is 0. The Kier molecular flexibility index (Phi) is 3.74. The zero-order valence-corrected chi connectivity index (χ0v) is 9.42. The number of aromatic nitrogens is 1. The molecule has 0 bridgehead atoms. The van der Waals surface area contributed by atoms with Crippen LogP contribution in [-0.4, -0.2) is 24.4 Å². The van der Waals surface area contributed by atoms with Crippen molar-refractivity contribution >= 4 is 21.9 Å². The highest BCUT2D eigenvalue weighted by Crippen LogP contribution is 2.31. The smallest absolute Gasteiger partial charge is 0.464 e. The van der Waals surface area contributed by atoms with Crippen LogP contribution in [0, 0.1) is 0 Å². The maximum Gasteiger partial charge on any atom is 0.573 e. The number of ether oxygens (including phenoxy) is 2. The van der Waals surface area contributed by atoms with Crippen molar-refractivity contribution in [2.24, 2.45) is 0 Å². The fourth-order valence-electron chi connectivity index (χ4n) is 0.869. The molecule has 0 fully saturated rings. The second-order valence-electron chi connectivity index (χ2n) is 2.51. The van der Waals surface area contributed by atoms with Gasteiger partial charge in [-0.05, 0) is 15.9 Å². The molecule has 0 spiro atoms. The van der Waals surface area contributed by atoms with Crippen molar-refractivity contribution in [2.75, 3.05) is 7.11 Å². The predicted molar refractivity (Wildman–Crippen MR) is 50.0 cm³/mol. The van der Waals surface area contributed by atoms with Gasteiger partial charge in [0.25, 0.3) is 0 Å². The summed E-state index contributed by atoms with van der Waals surface area (Å²) in [5.74, 6) is -1.41. The van der Waals surface area contributed by atoms with Crippen LogP contribution in [0.4, 0.5) is 13.2 Å². The van der Waals surface area contributed by atoms with Crippen LogP contribution in [0.3, 0.4) is 0 Å². The normalized spacial score (nSPS) is 11.1. The average Bonchev–Trinajstić information content (AvgIpc) is 2.18. The summed E-state index contributed by atoms with van der Waals surface area (Å²) in [7, 11) is 1.09. The van der Waals surface area contributed by atoms with Gasteiger partial charge in [-0.15, -0.1) is 13.2 Å². The van der Waals surface area contributed by atoms with Gasteiger partial charge in [0.1, 0.15) is 5.75 Å². The number of esters is 1. The van der Waals surface area contributed by atoms with Crippen molar-refractivity contribution in [3.05, 3.63) is 22.4 Å². The zero-order valence-electron chi connectivity index (χ0n) is 7.84. The number of pyridine rings is 1.